The fourth-order valence-corrected chi connectivity index (χ4v) is 2.12. The number of nitrogens with one attached hydrogen (secondary N) is 1. The number of hydrogen-bond acceptors (Lipinski definition) is 5. The van der Waals surface area contributed by atoms with Crippen molar-refractivity contribution in [3.05, 3.63) is 28.7 Å². The number of thiazole rings is 1. The SMILES string of the molecule is C=CCCC(NC(=O)c1csc(COC)n1)C(=O)O. The summed E-state index contributed by atoms with van der Waals surface area (Å²) >= 11 is 1.30. The van der Waals surface area contributed by atoms with Gasteiger partial charge in [-0.15, -0.1) is 17.9 Å². The molecule has 1 unspecified atom stereocenters. The number of carbonyl (C=O) groups excluding carboxylic acids is 1. The Balaban J connectivity index is 2.64. The number of methoxy groups -OCH3 is 1. The number of carbonyl (C=O) groups is 2. The van der Waals surface area contributed by atoms with Crippen LogP contribution in [0.15, 0.2) is 18.0 Å². The highest BCUT2D eigenvalue weighted by atomic mass is 32.1. The Morgan fingerprint density at radius 2 is 2.42 bits per heavy atom. The molecule has 6 nitrogen and oxygen atoms in total. The number of rotatable bonds is 8. The summed E-state index contributed by atoms with van der Waals surface area (Å²) in [5, 5.41) is 13.7. The molecule has 19 heavy (non-hydrogen) atoms. The number of aliphatic carboxylic acids is 1. The van der Waals surface area contributed by atoms with Gasteiger partial charge in [0.15, 0.2) is 0 Å². The molecule has 1 aromatic heterocycles. The van der Waals surface area contributed by atoms with E-state index < -0.39 is 17.9 Å². The van der Waals surface area contributed by atoms with Gasteiger partial charge in [-0.05, 0) is 12.8 Å². The molecule has 0 radical (unpaired) electrons. The highest BCUT2D eigenvalue weighted by Crippen LogP contribution is 2.11. The van der Waals surface area contributed by atoms with Crippen molar-refractivity contribution in [2.75, 3.05) is 7.11 Å². The quantitative estimate of drug-likeness (QED) is 0.705. The first-order valence-corrected chi connectivity index (χ1v) is 6.54. The second-order valence-electron chi connectivity index (χ2n) is 3.79. The minimum atomic E-state index is -1.07. The summed E-state index contributed by atoms with van der Waals surface area (Å²) in [7, 11) is 1.54. The van der Waals surface area contributed by atoms with Gasteiger partial charge in [0.25, 0.3) is 5.91 Å². The second-order valence-corrected chi connectivity index (χ2v) is 4.73. The molecule has 0 spiro atoms. The van der Waals surface area contributed by atoms with Crippen molar-refractivity contribution in [2.45, 2.75) is 25.5 Å². The lowest BCUT2D eigenvalue weighted by Crippen LogP contribution is -2.40. The molecule has 1 atom stereocenters. The highest BCUT2D eigenvalue weighted by molar-refractivity contribution is 7.09. The van der Waals surface area contributed by atoms with E-state index in [0.717, 1.165) is 0 Å². The van der Waals surface area contributed by atoms with E-state index in [4.69, 9.17) is 9.84 Å². The summed E-state index contributed by atoms with van der Waals surface area (Å²) in [6.07, 6.45) is 2.44. The summed E-state index contributed by atoms with van der Waals surface area (Å²) in [5.74, 6) is -1.56. The lowest BCUT2D eigenvalue weighted by molar-refractivity contribution is -0.139. The van der Waals surface area contributed by atoms with Crippen molar-refractivity contribution in [3.8, 4) is 0 Å². The lowest BCUT2D eigenvalue weighted by atomic mass is 10.1. The van der Waals surface area contributed by atoms with Crippen LogP contribution in [0, 0.1) is 0 Å². The second kappa shape index (κ2) is 7.65. The van der Waals surface area contributed by atoms with E-state index in [9.17, 15) is 9.59 Å². The Bertz CT molecular complexity index is 458. The smallest absolute Gasteiger partial charge is 0.326 e. The van der Waals surface area contributed by atoms with Gasteiger partial charge < -0.3 is 15.2 Å². The van der Waals surface area contributed by atoms with Crippen LogP contribution >= 0.6 is 11.3 Å². The maximum absolute atomic E-state index is 11.8. The van der Waals surface area contributed by atoms with E-state index in [-0.39, 0.29) is 5.69 Å². The summed E-state index contributed by atoms with van der Waals surface area (Å²) in [5.41, 5.74) is 0.210. The van der Waals surface area contributed by atoms with Crippen molar-refractivity contribution in [3.63, 3.8) is 0 Å². The topological polar surface area (TPSA) is 88.5 Å². The molecule has 1 amide bonds. The molecule has 0 bridgehead atoms. The first-order chi connectivity index (χ1) is 9.08. The normalized spacial score (nSPS) is 11.8. The van der Waals surface area contributed by atoms with Gasteiger partial charge in [0.1, 0.15) is 16.7 Å². The van der Waals surface area contributed by atoms with Gasteiger partial charge in [0.2, 0.25) is 0 Å². The molecule has 0 aliphatic heterocycles. The zero-order valence-electron chi connectivity index (χ0n) is 10.6. The van der Waals surface area contributed by atoms with Crippen LogP contribution < -0.4 is 5.32 Å². The Kier molecular flexibility index (Phi) is 6.17. The van der Waals surface area contributed by atoms with Gasteiger partial charge in [-0.2, -0.15) is 0 Å². The third-order valence-electron chi connectivity index (χ3n) is 2.32. The predicted molar refractivity (Wildman–Crippen MR) is 71.1 cm³/mol. The van der Waals surface area contributed by atoms with E-state index in [2.05, 4.69) is 16.9 Å². The van der Waals surface area contributed by atoms with E-state index in [1.54, 1.807) is 11.5 Å². The number of aromatic nitrogens is 1. The molecular formula is C12H16N2O4S. The van der Waals surface area contributed by atoms with Crippen LogP contribution in [0.1, 0.15) is 28.3 Å². The van der Waals surface area contributed by atoms with Gasteiger partial charge in [-0.3, -0.25) is 4.79 Å². The molecule has 0 aliphatic rings. The van der Waals surface area contributed by atoms with E-state index >= 15 is 0 Å². The van der Waals surface area contributed by atoms with Crippen LogP contribution in [-0.4, -0.2) is 35.1 Å². The molecule has 1 rings (SSSR count). The van der Waals surface area contributed by atoms with E-state index in [0.29, 0.717) is 24.5 Å². The Morgan fingerprint density at radius 1 is 1.68 bits per heavy atom. The number of amides is 1. The maximum Gasteiger partial charge on any atom is 0.326 e. The van der Waals surface area contributed by atoms with Crippen LogP contribution in [0.25, 0.3) is 0 Å². The molecule has 0 fully saturated rings. The monoisotopic (exact) mass is 284 g/mol. The zero-order chi connectivity index (χ0) is 14.3. The molecule has 104 valence electrons. The molecule has 7 heteroatoms. The molecule has 1 heterocycles. The Morgan fingerprint density at radius 3 is 3.00 bits per heavy atom. The largest absolute Gasteiger partial charge is 0.480 e. The number of carboxylic acid groups (broad SMARTS) is 1. The summed E-state index contributed by atoms with van der Waals surface area (Å²) in [6.45, 7) is 3.85. The van der Waals surface area contributed by atoms with E-state index in [1.807, 2.05) is 0 Å². The minimum absolute atomic E-state index is 0.210. The number of hydrogen-bond donors (Lipinski definition) is 2. The summed E-state index contributed by atoms with van der Waals surface area (Å²) in [4.78, 5) is 26.9. The minimum Gasteiger partial charge on any atom is -0.480 e. The average molecular weight is 284 g/mol. The van der Waals surface area contributed by atoms with Gasteiger partial charge >= 0.3 is 5.97 Å². The fourth-order valence-electron chi connectivity index (χ4n) is 1.38. The fraction of sp³-hybridized carbons (Fsp3) is 0.417. The molecule has 2 N–H and O–H groups in total. The zero-order valence-corrected chi connectivity index (χ0v) is 11.4. The molecular weight excluding hydrogens is 268 g/mol. The third-order valence-corrected chi connectivity index (χ3v) is 3.14. The van der Waals surface area contributed by atoms with Crippen LogP contribution in [0.5, 0.6) is 0 Å². The molecule has 0 aromatic carbocycles. The van der Waals surface area contributed by atoms with Crippen molar-refractivity contribution in [2.24, 2.45) is 0 Å². The predicted octanol–water partition coefficient (Wildman–Crippen LogP) is 1.44. The molecule has 0 saturated carbocycles. The van der Waals surface area contributed by atoms with Gasteiger partial charge in [0.05, 0.1) is 6.61 Å². The van der Waals surface area contributed by atoms with Crippen LogP contribution in [0.2, 0.25) is 0 Å². The summed E-state index contributed by atoms with van der Waals surface area (Å²) in [6, 6.07) is -0.932. The number of allylic oxidation sites excluding steroid dienone is 1. The van der Waals surface area contributed by atoms with Gasteiger partial charge in [0, 0.05) is 12.5 Å². The van der Waals surface area contributed by atoms with Gasteiger partial charge in [-0.1, -0.05) is 6.08 Å². The lowest BCUT2D eigenvalue weighted by Gasteiger charge is -2.12. The molecule has 0 aliphatic carbocycles. The van der Waals surface area contributed by atoms with E-state index in [1.165, 1.54) is 18.4 Å². The van der Waals surface area contributed by atoms with Crippen molar-refractivity contribution >= 4 is 23.2 Å². The first kappa shape index (κ1) is 15.3. The third kappa shape index (κ3) is 4.80. The van der Waals surface area contributed by atoms with Crippen molar-refractivity contribution in [1.29, 1.82) is 0 Å². The molecule has 1 aromatic rings. The highest BCUT2D eigenvalue weighted by Gasteiger charge is 2.21. The van der Waals surface area contributed by atoms with Crippen LogP contribution in [0.3, 0.4) is 0 Å². The Labute approximate surface area is 115 Å². The first-order valence-electron chi connectivity index (χ1n) is 5.66. The van der Waals surface area contributed by atoms with Crippen molar-refractivity contribution < 1.29 is 19.4 Å². The average Bonchev–Trinajstić information content (AvgIpc) is 2.83. The van der Waals surface area contributed by atoms with Crippen LogP contribution in [-0.2, 0) is 16.1 Å². The number of carboxylic acids is 1. The summed E-state index contributed by atoms with van der Waals surface area (Å²) < 4.78 is 4.90. The standard InChI is InChI=1S/C12H16N2O4S/c1-3-4-5-8(12(16)17)14-11(15)9-7-19-10(13-9)6-18-2/h3,7-8H,1,4-6H2,2H3,(H,14,15)(H,16,17). The van der Waals surface area contributed by atoms with Gasteiger partial charge in [-0.25, -0.2) is 9.78 Å². The maximum atomic E-state index is 11.8. The van der Waals surface area contributed by atoms with Crippen LogP contribution in [0.4, 0.5) is 0 Å². The molecule has 0 saturated heterocycles. The number of ether oxygens (including phenoxy) is 1. The Hall–Kier alpha value is -1.73. The number of nitrogens with zero attached hydrogens (tertiary/aromatic N) is 1. The van der Waals surface area contributed by atoms with Crippen molar-refractivity contribution in [1.82, 2.24) is 10.3 Å².